The number of nitrogens with one attached hydrogen (secondary N) is 2. The van der Waals surface area contributed by atoms with E-state index in [1.165, 1.54) is 23.5 Å². The van der Waals surface area contributed by atoms with Gasteiger partial charge in [-0.1, -0.05) is 103 Å². The number of hydrogen-bond acceptors (Lipinski definition) is 4. The molecule has 2 unspecified atom stereocenters. The quantitative estimate of drug-likeness (QED) is 0.168. The van der Waals surface area contributed by atoms with E-state index in [1.807, 2.05) is 140 Å². The highest BCUT2D eigenvalue weighted by molar-refractivity contribution is 8.00. The lowest BCUT2D eigenvalue weighted by Crippen LogP contribution is -2.20. The summed E-state index contributed by atoms with van der Waals surface area (Å²) in [6.07, 6.45) is 0. The molecule has 0 bridgehead atoms. The van der Waals surface area contributed by atoms with Gasteiger partial charge in [0, 0.05) is 21.2 Å². The first-order valence-corrected chi connectivity index (χ1v) is 14.7. The summed E-state index contributed by atoms with van der Waals surface area (Å²) in [6.45, 7) is 0. The van der Waals surface area contributed by atoms with E-state index >= 15 is 0 Å². The van der Waals surface area contributed by atoms with E-state index in [-0.39, 0.29) is 11.8 Å². The maximum Gasteiger partial charge on any atom is 0.242 e. The first kappa shape index (κ1) is 27.3. The lowest BCUT2D eigenvalue weighted by molar-refractivity contribution is -0.116. The molecule has 0 fully saturated rings. The number of anilines is 2. The molecular weight excluding hydrogens is 533 g/mol. The summed E-state index contributed by atoms with van der Waals surface area (Å²) in [5.74, 6) is -0.268. The van der Waals surface area contributed by atoms with Gasteiger partial charge in [-0.15, -0.1) is 23.5 Å². The molecule has 5 rings (SSSR count). The zero-order chi connectivity index (χ0) is 27.6. The van der Waals surface area contributed by atoms with E-state index in [1.54, 1.807) is 6.07 Å². The summed E-state index contributed by atoms with van der Waals surface area (Å²) in [7, 11) is 0. The molecule has 0 radical (unpaired) electrons. The Labute approximate surface area is 243 Å². The Morgan fingerprint density at radius 1 is 0.450 bits per heavy atom. The zero-order valence-corrected chi connectivity index (χ0v) is 23.3. The fourth-order valence-corrected chi connectivity index (χ4v) is 6.25. The zero-order valence-electron chi connectivity index (χ0n) is 21.6. The third kappa shape index (κ3) is 7.44. The van der Waals surface area contributed by atoms with Crippen LogP contribution in [0.2, 0.25) is 0 Å². The van der Waals surface area contributed by atoms with Crippen molar-refractivity contribution in [3.63, 3.8) is 0 Å². The van der Waals surface area contributed by atoms with Gasteiger partial charge in [-0.05, 0) is 53.6 Å². The fourth-order valence-electron chi connectivity index (χ4n) is 4.16. The third-order valence-corrected chi connectivity index (χ3v) is 8.61. The van der Waals surface area contributed by atoms with Crippen molar-refractivity contribution in [1.82, 2.24) is 0 Å². The van der Waals surface area contributed by atoms with E-state index < -0.39 is 10.5 Å². The molecule has 198 valence electrons. The van der Waals surface area contributed by atoms with E-state index in [4.69, 9.17) is 0 Å². The van der Waals surface area contributed by atoms with Crippen molar-refractivity contribution in [3.05, 3.63) is 157 Å². The molecule has 0 aliphatic carbocycles. The number of amides is 2. The summed E-state index contributed by atoms with van der Waals surface area (Å²) < 4.78 is 0. The smallest absolute Gasteiger partial charge is 0.242 e. The van der Waals surface area contributed by atoms with Gasteiger partial charge in [0.25, 0.3) is 0 Å². The topological polar surface area (TPSA) is 58.2 Å². The Bertz CT molecular complexity index is 1420. The maximum atomic E-state index is 13.5. The molecular formula is C34H28N2O2S2. The molecule has 2 amide bonds. The molecule has 0 aromatic heterocycles. The standard InChI is InChI=1S/C34H28N2O2S2/c37-33(31(25-14-5-1-6-15-25)39-29-20-9-3-10-21-29)35-27-18-13-19-28(24-27)36-34(38)32(26-16-7-2-8-17-26)40-30-22-11-4-12-23-30/h1-24,31-32H,(H,35,37)(H,36,38). The summed E-state index contributed by atoms with van der Waals surface area (Å²) in [5.41, 5.74) is 3.07. The third-order valence-electron chi connectivity index (χ3n) is 6.07. The van der Waals surface area contributed by atoms with Crippen LogP contribution >= 0.6 is 23.5 Å². The van der Waals surface area contributed by atoms with E-state index in [0.717, 1.165) is 20.9 Å². The van der Waals surface area contributed by atoms with Crippen LogP contribution in [0.25, 0.3) is 0 Å². The van der Waals surface area contributed by atoms with Crippen molar-refractivity contribution < 1.29 is 9.59 Å². The van der Waals surface area contributed by atoms with E-state index in [0.29, 0.717) is 11.4 Å². The molecule has 0 aliphatic heterocycles. The average molecular weight is 561 g/mol. The Balaban J connectivity index is 1.33. The molecule has 5 aromatic rings. The van der Waals surface area contributed by atoms with Gasteiger partial charge < -0.3 is 10.6 Å². The normalized spacial score (nSPS) is 12.2. The Kier molecular flexibility index (Phi) is 9.35. The van der Waals surface area contributed by atoms with E-state index in [9.17, 15) is 9.59 Å². The minimum absolute atomic E-state index is 0.134. The number of rotatable bonds is 10. The molecule has 6 heteroatoms. The highest BCUT2D eigenvalue weighted by atomic mass is 32.2. The predicted octanol–water partition coefficient (Wildman–Crippen LogP) is 8.63. The number of hydrogen-bond donors (Lipinski definition) is 2. The lowest BCUT2D eigenvalue weighted by atomic mass is 10.1. The minimum Gasteiger partial charge on any atom is -0.325 e. The van der Waals surface area contributed by atoms with Crippen LogP contribution in [-0.2, 0) is 9.59 Å². The van der Waals surface area contributed by atoms with Crippen molar-refractivity contribution in [1.29, 1.82) is 0 Å². The van der Waals surface area contributed by atoms with Crippen LogP contribution in [0, 0.1) is 0 Å². The van der Waals surface area contributed by atoms with Crippen LogP contribution in [0.15, 0.2) is 155 Å². The Hall–Kier alpha value is -4.26. The number of thioether (sulfide) groups is 2. The van der Waals surface area contributed by atoms with Gasteiger partial charge >= 0.3 is 0 Å². The van der Waals surface area contributed by atoms with Crippen molar-refractivity contribution in [2.24, 2.45) is 0 Å². The number of carbonyl (C=O) groups is 2. The average Bonchev–Trinajstić information content (AvgIpc) is 3.00. The maximum absolute atomic E-state index is 13.5. The van der Waals surface area contributed by atoms with Crippen LogP contribution in [0.1, 0.15) is 21.6 Å². The highest BCUT2D eigenvalue weighted by Crippen LogP contribution is 2.37. The highest BCUT2D eigenvalue weighted by Gasteiger charge is 2.24. The van der Waals surface area contributed by atoms with Crippen LogP contribution in [0.4, 0.5) is 11.4 Å². The van der Waals surface area contributed by atoms with Gasteiger partial charge in [0.1, 0.15) is 10.5 Å². The molecule has 0 spiro atoms. The van der Waals surface area contributed by atoms with Crippen LogP contribution in [0.5, 0.6) is 0 Å². The van der Waals surface area contributed by atoms with Gasteiger partial charge in [0.15, 0.2) is 0 Å². The summed E-state index contributed by atoms with van der Waals surface area (Å²) in [6, 6.07) is 46.6. The van der Waals surface area contributed by atoms with Crippen LogP contribution in [-0.4, -0.2) is 11.8 Å². The van der Waals surface area contributed by atoms with Crippen LogP contribution < -0.4 is 10.6 Å². The molecule has 5 aromatic carbocycles. The van der Waals surface area contributed by atoms with Gasteiger partial charge in [0.05, 0.1) is 0 Å². The fraction of sp³-hybridized carbons (Fsp3) is 0.0588. The monoisotopic (exact) mass is 560 g/mol. The minimum atomic E-state index is -0.438. The molecule has 0 heterocycles. The first-order chi connectivity index (χ1) is 19.7. The number of benzene rings is 5. The Morgan fingerprint density at radius 3 is 1.18 bits per heavy atom. The van der Waals surface area contributed by atoms with E-state index in [2.05, 4.69) is 10.6 Å². The summed E-state index contributed by atoms with van der Waals surface area (Å²) >= 11 is 3.00. The second kappa shape index (κ2) is 13.7. The van der Waals surface area contributed by atoms with Gasteiger partial charge in [-0.3, -0.25) is 9.59 Å². The SMILES string of the molecule is O=C(Nc1cccc(NC(=O)C(Sc2ccccc2)c2ccccc2)c1)C(Sc1ccccc1)c1ccccc1. The second-order valence-electron chi connectivity index (χ2n) is 9.00. The number of carbonyl (C=O) groups excluding carboxylic acids is 2. The van der Waals surface area contributed by atoms with Crippen LogP contribution in [0.3, 0.4) is 0 Å². The van der Waals surface area contributed by atoms with Gasteiger partial charge in [-0.2, -0.15) is 0 Å². The van der Waals surface area contributed by atoms with Crippen molar-refractivity contribution >= 4 is 46.7 Å². The molecule has 0 aliphatic rings. The lowest BCUT2D eigenvalue weighted by Gasteiger charge is -2.19. The largest absolute Gasteiger partial charge is 0.325 e. The molecule has 4 nitrogen and oxygen atoms in total. The van der Waals surface area contributed by atoms with Gasteiger partial charge in [-0.25, -0.2) is 0 Å². The van der Waals surface area contributed by atoms with Crippen molar-refractivity contribution in [2.45, 2.75) is 20.3 Å². The summed E-state index contributed by atoms with van der Waals surface area (Å²) in [4.78, 5) is 29.1. The molecule has 2 atom stereocenters. The molecule has 0 saturated heterocycles. The molecule has 40 heavy (non-hydrogen) atoms. The van der Waals surface area contributed by atoms with Crippen molar-refractivity contribution in [3.8, 4) is 0 Å². The Morgan fingerprint density at radius 2 is 0.800 bits per heavy atom. The molecule has 0 saturated carbocycles. The van der Waals surface area contributed by atoms with Crippen molar-refractivity contribution in [2.75, 3.05) is 10.6 Å². The van der Waals surface area contributed by atoms with Gasteiger partial charge in [0.2, 0.25) is 11.8 Å². The predicted molar refractivity (Wildman–Crippen MR) is 167 cm³/mol. The second-order valence-corrected chi connectivity index (χ2v) is 11.4. The first-order valence-electron chi connectivity index (χ1n) is 12.9. The molecule has 2 N–H and O–H groups in total. The summed E-state index contributed by atoms with van der Waals surface area (Å²) in [5, 5.41) is 5.24.